The van der Waals surface area contributed by atoms with Crippen LogP contribution in [-0.4, -0.2) is 9.55 Å². The second-order valence-corrected chi connectivity index (χ2v) is 3.33. The number of fused-ring (bicyclic) bond motifs is 1. The summed E-state index contributed by atoms with van der Waals surface area (Å²) < 4.78 is 1.45. The van der Waals surface area contributed by atoms with E-state index < -0.39 is 0 Å². The molecule has 1 heterocycles. The van der Waals surface area contributed by atoms with Gasteiger partial charge in [-0.15, -0.1) is 0 Å². The summed E-state index contributed by atoms with van der Waals surface area (Å²) in [6, 6.07) is 7.10. The highest BCUT2D eigenvalue weighted by molar-refractivity contribution is 5.83. The largest absolute Gasteiger partial charge is 0.299 e. The van der Waals surface area contributed by atoms with Crippen LogP contribution in [0.2, 0.25) is 0 Å². The Balaban J connectivity index is 3.08. The predicted molar refractivity (Wildman–Crippen MR) is 56.4 cm³/mol. The Kier molecular flexibility index (Phi) is 2.01. The average Bonchev–Trinajstić information content (AvgIpc) is 2.25. The van der Waals surface area contributed by atoms with Crippen LogP contribution in [0.1, 0.15) is 11.4 Å². The summed E-state index contributed by atoms with van der Waals surface area (Å²) in [6.07, 6.45) is 0. The molecule has 1 aromatic carbocycles. The average molecular weight is 199 g/mol. The first-order valence-electron chi connectivity index (χ1n) is 4.51. The molecule has 2 aromatic rings. The Labute approximate surface area is 86.4 Å². The summed E-state index contributed by atoms with van der Waals surface area (Å²) in [4.78, 5) is 16.2. The van der Waals surface area contributed by atoms with E-state index in [1.54, 1.807) is 32.2 Å². The fourth-order valence-electron chi connectivity index (χ4n) is 1.52. The number of aromatic nitrogens is 2. The highest BCUT2D eigenvalue weighted by Crippen LogP contribution is 2.12. The molecular formula is C11H9N3O. The van der Waals surface area contributed by atoms with Crippen LogP contribution in [-0.2, 0) is 7.05 Å². The van der Waals surface area contributed by atoms with Crippen molar-refractivity contribution in [2.24, 2.45) is 7.05 Å². The Hall–Kier alpha value is -2.15. The van der Waals surface area contributed by atoms with E-state index in [0.717, 1.165) is 0 Å². The number of hydrogen-bond donors (Lipinski definition) is 0. The van der Waals surface area contributed by atoms with E-state index in [1.807, 2.05) is 6.07 Å². The van der Waals surface area contributed by atoms with Crippen molar-refractivity contribution in [2.45, 2.75) is 6.92 Å². The lowest BCUT2D eigenvalue weighted by Gasteiger charge is -2.05. The van der Waals surface area contributed by atoms with Crippen molar-refractivity contribution in [3.8, 4) is 6.07 Å². The van der Waals surface area contributed by atoms with Crippen LogP contribution in [0.15, 0.2) is 23.0 Å². The van der Waals surface area contributed by atoms with E-state index in [2.05, 4.69) is 4.98 Å². The fourth-order valence-corrected chi connectivity index (χ4v) is 1.52. The van der Waals surface area contributed by atoms with Gasteiger partial charge in [-0.2, -0.15) is 5.26 Å². The number of rotatable bonds is 0. The molecule has 0 aliphatic carbocycles. The normalized spacial score (nSPS) is 10.2. The Morgan fingerprint density at radius 2 is 2.20 bits per heavy atom. The van der Waals surface area contributed by atoms with Gasteiger partial charge < -0.3 is 0 Å². The van der Waals surface area contributed by atoms with Crippen molar-refractivity contribution >= 4 is 10.9 Å². The first-order chi connectivity index (χ1) is 7.15. The molecule has 1 aromatic heterocycles. The molecule has 0 saturated heterocycles. The molecular weight excluding hydrogens is 190 g/mol. The van der Waals surface area contributed by atoms with Gasteiger partial charge in [-0.3, -0.25) is 9.36 Å². The van der Waals surface area contributed by atoms with Crippen molar-refractivity contribution in [1.29, 1.82) is 5.26 Å². The maximum absolute atomic E-state index is 11.9. The van der Waals surface area contributed by atoms with Gasteiger partial charge in [0.05, 0.1) is 16.5 Å². The molecule has 0 saturated carbocycles. The van der Waals surface area contributed by atoms with Crippen LogP contribution >= 0.6 is 0 Å². The molecule has 0 unspecified atom stereocenters. The highest BCUT2D eigenvalue weighted by atomic mass is 16.1. The summed E-state index contributed by atoms with van der Waals surface area (Å²) in [6.45, 7) is 1.76. The standard InChI is InChI=1S/C11H9N3O/c1-7-13-9-5-3-4-8(6-12)10(9)11(15)14(7)2/h3-5H,1-2H3. The molecule has 0 aliphatic heterocycles. The Bertz CT molecular complexity index is 635. The lowest BCUT2D eigenvalue weighted by molar-refractivity contribution is 0.792. The van der Waals surface area contributed by atoms with Crippen LogP contribution in [0.5, 0.6) is 0 Å². The zero-order valence-electron chi connectivity index (χ0n) is 8.48. The van der Waals surface area contributed by atoms with Gasteiger partial charge in [0.25, 0.3) is 5.56 Å². The number of aryl methyl sites for hydroxylation is 1. The predicted octanol–water partition coefficient (Wildman–Crippen LogP) is 1.11. The molecule has 15 heavy (non-hydrogen) atoms. The van der Waals surface area contributed by atoms with Crippen molar-refractivity contribution < 1.29 is 0 Å². The van der Waals surface area contributed by atoms with Crippen LogP contribution in [0.25, 0.3) is 10.9 Å². The number of benzene rings is 1. The smallest absolute Gasteiger partial charge is 0.262 e. The fraction of sp³-hybridized carbons (Fsp3) is 0.182. The summed E-state index contributed by atoms with van der Waals surface area (Å²) in [5, 5.41) is 9.29. The number of nitriles is 1. The third-order valence-corrected chi connectivity index (χ3v) is 2.45. The van der Waals surface area contributed by atoms with Gasteiger partial charge in [0.1, 0.15) is 11.9 Å². The van der Waals surface area contributed by atoms with Crippen molar-refractivity contribution in [3.05, 3.63) is 39.9 Å². The lowest BCUT2D eigenvalue weighted by atomic mass is 10.1. The quantitative estimate of drug-likeness (QED) is 0.638. The van der Waals surface area contributed by atoms with Gasteiger partial charge >= 0.3 is 0 Å². The SMILES string of the molecule is Cc1nc2cccc(C#N)c2c(=O)n1C. The molecule has 74 valence electrons. The zero-order chi connectivity index (χ0) is 11.0. The number of nitrogens with zero attached hydrogens (tertiary/aromatic N) is 3. The third-order valence-electron chi connectivity index (χ3n) is 2.45. The van der Waals surface area contributed by atoms with E-state index in [-0.39, 0.29) is 5.56 Å². The van der Waals surface area contributed by atoms with Gasteiger partial charge in [0, 0.05) is 7.05 Å². The molecule has 2 rings (SSSR count). The van der Waals surface area contributed by atoms with E-state index in [1.165, 1.54) is 4.57 Å². The van der Waals surface area contributed by atoms with Gasteiger partial charge in [-0.25, -0.2) is 4.98 Å². The minimum Gasteiger partial charge on any atom is -0.299 e. The molecule has 0 fully saturated rings. The lowest BCUT2D eigenvalue weighted by Crippen LogP contribution is -2.21. The first-order valence-corrected chi connectivity index (χ1v) is 4.51. The van der Waals surface area contributed by atoms with E-state index >= 15 is 0 Å². The topological polar surface area (TPSA) is 58.7 Å². The van der Waals surface area contributed by atoms with Crippen LogP contribution in [0.3, 0.4) is 0 Å². The monoisotopic (exact) mass is 199 g/mol. The van der Waals surface area contributed by atoms with Crippen molar-refractivity contribution in [2.75, 3.05) is 0 Å². The molecule has 0 radical (unpaired) electrons. The minimum absolute atomic E-state index is 0.172. The van der Waals surface area contributed by atoms with E-state index in [4.69, 9.17) is 5.26 Å². The Morgan fingerprint density at radius 3 is 2.87 bits per heavy atom. The molecule has 0 bridgehead atoms. The summed E-state index contributed by atoms with van der Waals surface area (Å²) in [5.74, 6) is 0.641. The third kappa shape index (κ3) is 1.29. The van der Waals surface area contributed by atoms with Gasteiger partial charge in [0.2, 0.25) is 0 Å². The minimum atomic E-state index is -0.172. The first kappa shape index (κ1) is 9.41. The molecule has 0 amide bonds. The van der Waals surface area contributed by atoms with Gasteiger partial charge in [0.15, 0.2) is 0 Å². The summed E-state index contributed by atoms with van der Waals surface area (Å²) >= 11 is 0. The molecule has 4 nitrogen and oxygen atoms in total. The number of hydrogen-bond acceptors (Lipinski definition) is 3. The van der Waals surface area contributed by atoms with Crippen LogP contribution in [0, 0.1) is 18.3 Å². The zero-order valence-corrected chi connectivity index (χ0v) is 8.48. The van der Waals surface area contributed by atoms with Crippen molar-refractivity contribution in [3.63, 3.8) is 0 Å². The van der Waals surface area contributed by atoms with Crippen LogP contribution < -0.4 is 5.56 Å². The molecule has 0 spiro atoms. The second-order valence-electron chi connectivity index (χ2n) is 3.33. The maximum atomic E-state index is 11.9. The second kappa shape index (κ2) is 3.21. The summed E-state index contributed by atoms with van der Waals surface area (Å²) in [5.41, 5.74) is 0.782. The Morgan fingerprint density at radius 1 is 1.47 bits per heavy atom. The summed E-state index contributed by atoms with van der Waals surface area (Å²) in [7, 11) is 1.65. The van der Waals surface area contributed by atoms with Gasteiger partial charge in [-0.05, 0) is 19.1 Å². The van der Waals surface area contributed by atoms with Crippen molar-refractivity contribution in [1.82, 2.24) is 9.55 Å². The molecule has 0 aliphatic rings. The molecule has 0 atom stereocenters. The highest BCUT2D eigenvalue weighted by Gasteiger charge is 2.08. The molecule has 0 N–H and O–H groups in total. The molecule has 4 heteroatoms. The maximum Gasteiger partial charge on any atom is 0.262 e. The van der Waals surface area contributed by atoms with Gasteiger partial charge in [-0.1, -0.05) is 6.07 Å². The van der Waals surface area contributed by atoms with E-state index in [0.29, 0.717) is 22.3 Å². The van der Waals surface area contributed by atoms with Crippen LogP contribution in [0.4, 0.5) is 0 Å². The van der Waals surface area contributed by atoms with E-state index in [9.17, 15) is 4.79 Å².